The molecule has 0 saturated carbocycles. The van der Waals surface area contributed by atoms with Crippen LogP contribution in [-0.2, 0) is 17.8 Å². The van der Waals surface area contributed by atoms with Crippen molar-refractivity contribution in [1.29, 1.82) is 0 Å². The molecule has 0 fully saturated rings. The lowest BCUT2D eigenvalue weighted by Crippen LogP contribution is -2.33. The average Bonchev–Trinajstić information content (AvgIpc) is 3.53. The molecule has 6 nitrogen and oxygen atoms in total. The molecule has 0 spiro atoms. The number of nitrogens with zero attached hydrogens (tertiary/aromatic N) is 4. The monoisotopic (exact) mass is 454 g/mol. The van der Waals surface area contributed by atoms with Crippen LogP contribution < -0.4 is 4.98 Å². The van der Waals surface area contributed by atoms with Gasteiger partial charge in [-0.1, -0.05) is 88.2 Å². The van der Waals surface area contributed by atoms with Gasteiger partial charge in [-0.15, -0.1) is 0 Å². The number of aryl methyl sites for hydroxylation is 1. The molecule has 0 unspecified atom stereocenters. The van der Waals surface area contributed by atoms with E-state index < -0.39 is 0 Å². The van der Waals surface area contributed by atoms with E-state index in [1.54, 1.807) is 4.90 Å². The summed E-state index contributed by atoms with van der Waals surface area (Å²) < 4.78 is 0. The van der Waals surface area contributed by atoms with Crippen molar-refractivity contribution in [3.8, 4) is 33.6 Å². The van der Waals surface area contributed by atoms with Gasteiger partial charge in [-0.3, -0.25) is 4.79 Å². The van der Waals surface area contributed by atoms with Crippen LogP contribution in [0, 0.1) is 11.8 Å². The maximum Gasteiger partial charge on any atom is 0.225 e. The molecule has 34 heavy (non-hydrogen) atoms. The number of nitrogens with one attached hydrogen (secondary N) is 1. The number of aromatic nitrogens is 4. The summed E-state index contributed by atoms with van der Waals surface area (Å²) in [5.41, 5.74) is 6.28. The molecule has 2 heterocycles. The Hall–Kier alpha value is -3.67. The number of carbonyl (C=O) groups is 1. The second-order valence-corrected chi connectivity index (χ2v) is 9.15. The molecule has 2 aromatic heterocycles. The van der Waals surface area contributed by atoms with Crippen LogP contribution in [0.2, 0.25) is 0 Å². The average molecular weight is 455 g/mol. The number of imidazole rings is 2. The molecule has 0 aliphatic rings. The van der Waals surface area contributed by atoms with Gasteiger partial charge in [-0.05, 0) is 40.3 Å². The minimum Gasteiger partial charge on any atom is -0.446 e. The van der Waals surface area contributed by atoms with Crippen LogP contribution in [0.3, 0.4) is 0 Å². The first-order valence-corrected chi connectivity index (χ1v) is 11.8. The van der Waals surface area contributed by atoms with E-state index >= 15 is 0 Å². The van der Waals surface area contributed by atoms with Crippen molar-refractivity contribution in [2.24, 2.45) is 11.8 Å². The van der Waals surface area contributed by atoms with Crippen molar-refractivity contribution in [2.45, 2.75) is 40.7 Å². The van der Waals surface area contributed by atoms with E-state index in [0.717, 1.165) is 51.7 Å². The van der Waals surface area contributed by atoms with E-state index in [0.29, 0.717) is 12.5 Å². The number of aromatic amines is 1. The lowest BCUT2D eigenvalue weighted by molar-refractivity contribution is -0.135. The van der Waals surface area contributed by atoms with Crippen molar-refractivity contribution in [1.82, 2.24) is 24.8 Å². The Morgan fingerprint density at radius 3 is 2.12 bits per heavy atom. The Bertz CT molecular complexity index is 1230. The van der Waals surface area contributed by atoms with E-state index in [1.807, 2.05) is 26.4 Å². The van der Waals surface area contributed by atoms with Crippen LogP contribution in [0.4, 0.5) is 0 Å². The highest BCUT2D eigenvalue weighted by Crippen LogP contribution is 2.26. The standard InChI is InChI=1S/C28H32N5O/c1-6-26-29-15-24(31-26)22-11-7-20(8-12-22)21-9-13-23(14-10-21)25-16-30-27(32-25)17-33(5)28(34)19(4)18(2)3/h7-16,18-19H,6,17H2,1-5H3,(H-,29,30,31,32)/q-1/t19-/m0/s1. The number of H-pyrrole nitrogens is 1. The first kappa shape index (κ1) is 23.5. The van der Waals surface area contributed by atoms with Crippen molar-refractivity contribution in [2.75, 3.05) is 7.05 Å². The molecule has 0 bridgehead atoms. The summed E-state index contributed by atoms with van der Waals surface area (Å²) in [6.45, 7) is 8.64. The molecule has 4 rings (SSSR count). The van der Waals surface area contributed by atoms with Crippen LogP contribution in [-0.4, -0.2) is 32.8 Å². The molecule has 6 heteroatoms. The SMILES string of the molecule is CCc1nc(-c2ccc(-c3ccc(-c4cnc(CN(C)C(=O)[C@@H](C)C(C)C)[nH]4)cc3)cc2)c[n-]1. The van der Waals surface area contributed by atoms with Crippen LogP contribution in [0.1, 0.15) is 39.3 Å². The van der Waals surface area contributed by atoms with Crippen LogP contribution >= 0.6 is 0 Å². The number of amides is 1. The van der Waals surface area contributed by atoms with Crippen molar-refractivity contribution in [3.05, 3.63) is 72.6 Å². The highest BCUT2D eigenvalue weighted by molar-refractivity contribution is 5.78. The van der Waals surface area contributed by atoms with Gasteiger partial charge in [0.15, 0.2) is 0 Å². The van der Waals surface area contributed by atoms with Gasteiger partial charge in [0.2, 0.25) is 5.91 Å². The number of hydrogen-bond acceptors (Lipinski definition) is 3. The third-order valence-corrected chi connectivity index (χ3v) is 6.39. The van der Waals surface area contributed by atoms with Crippen molar-refractivity contribution < 1.29 is 4.79 Å². The Morgan fingerprint density at radius 1 is 0.971 bits per heavy atom. The lowest BCUT2D eigenvalue weighted by Gasteiger charge is -2.22. The fourth-order valence-electron chi connectivity index (χ4n) is 3.84. The van der Waals surface area contributed by atoms with Crippen molar-refractivity contribution in [3.63, 3.8) is 0 Å². The van der Waals surface area contributed by atoms with E-state index in [-0.39, 0.29) is 11.8 Å². The molecule has 0 aliphatic heterocycles. The first-order chi connectivity index (χ1) is 16.4. The number of hydrogen-bond donors (Lipinski definition) is 1. The summed E-state index contributed by atoms with van der Waals surface area (Å²) in [6.07, 6.45) is 4.50. The Morgan fingerprint density at radius 2 is 1.56 bits per heavy atom. The largest absolute Gasteiger partial charge is 0.446 e. The highest BCUT2D eigenvalue weighted by atomic mass is 16.2. The predicted octanol–water partition coefficient (Wildman–Crippen LogP) is 5.58. The van der Waals surface area contributed by atoms with Crippen LogP contribution in [0.25, 0.3) is 33.6 Å². The minimum absolute atomic E-state index is 0.00697. The van der Waals surface area contributed by atoms with Gasteiger partial charge in [-0.2, -0.15) is 0 Å². The Kier molecular flexibility index (Phi) is 6.96. The normalized spacial score (nSPS) is 12.2. The zero-order valence-electron chi connectivity index (χ0n) is 20.5. The lowest BCUT2D eigenvalue weighted by atomic mass is 9.97. The molecule has 0 saturated heterocycles. The van der Waals surface area contributed by atoms with Gasteiger partial charge in [0.25, 0.3) is 0 Å². The first-order valence-electron chi connectivity index (χ1n) is 11.8. The number of benzene rings is 2. The summed E-state index contributed by atoms with van der Waals surface area (Å²) >= 11 is 0. The molecule has 0 aliphatic carbocycles. The third-order valence-electron chi connectivity index (χ3n) is 6.39. The molecule has 4 aromatic rings. The summed E-state index contributed by atoms with van der Waals surface area (Å²) in [7, 11) is 1.83. The summed E-state index contributed by atoms with van der Waals surface area (Å²) in [6, 6.07) is 16.8. The number of carbonyl (C=O) groups excluding carboxylic acids is 1. The van der Waals surface area contributed by atoms with Crippen LogP contribution in [0.5, 0.6) is 0 Å². The molecule has 176 valence electrons. The van der Waals surface area contributed by atoms with Gasteiger partial charge < -0.3 is 19.9 Å². The predicted molar refractivity (Wildman–Crippen MR) is 136 cm³/mol. The van der Waals surface area contributed by atoms with Gasteiger partial charge in [0.05, 0.1) is 18.4 Å². The van der Waals surface area contributed by atoms with Crippen molar-refractivity contribution >= 4 is 5.91 Å². The van der Waals surface area contributed by atoms with E-state index in [2.05, 4.69) is 89.2 Å². The van der Waals surface area contributed by atoms with Crippen LogP contribution in [0.15, 0.2) is 60.9 Å². The molecule has 1 N–H and O–H groups in total. The topological polar surface area (TPSA) is 76.0 Å². The molecule has 2 aromatic carbocycles. The molecule has 1 atom stereocenters. The van der Waals surface area contributed by atoms with Gasteiger partial charge in [0.1, 0.15) is 5.82 Å². The second kappa shape index (κ2) is 10.1. The maximum absolute atomic E-state index is 12.5. The third kappa shape index (κ3) is 5.11. The highest BCUT2D eigenvalue weighted by Gasteiger charge is 2.21. The second-order valence-electron chi connectivity index (χ2n) is 9.15. The number of rotatable bonds is 8. The maximum atomic E-state index is 12.5. The zero-order valence-corrected chi connectivity index (χ0v) is 20.5. The van der Waals surface area contributed by atoms with Gasteiger partial charge in [0, 0.05) is 13.0 Å². The summed E-state index contributed by atoms with van der Waals surface area (Å²) in [5, 5.41) is 0. The minimum atomic E-state index is -0.00697. The molecular weight excluding hydrogens is 422 g/mol. The fourth-order valence-corrected chi connectivity index (χ4v) is 3.84. The summed E-state index contributed by atoms with van der Waals surface area (Å²) in [4.78, 5) is 31.0. The van der Waals surface area contributed by atoms with E-state index in [1.165, 1.54) is 0 Å². The van der Waals surface area contributed by atoms with Gasteiger partial charge >= 0.3 is 0 Å². The fraction of sp³-hybridized carbons (Fsp3) is 0.321. The smallest absolute Gasteiger partial charge is 0.225 e. The van der Waals surface area contributed by atoms with Gasteiger partial charge in [-0.25, -0.2) is 4.98 Å². The molecule has 1 amide bonds. The molecular formula is C28H32N5O-. The zero-order chi connectivity index (χ0) is 24.2. The Labute approximate surface area is 201 Å². The van der Waals surface area contributed by atoms with E-state index in [4.69, 9.17) is 0 Å². The van der Waals surface area contributed by atoms with E-state index in [9.17, 15) is 4.79 Å². The summed E-state index contributed by atoms with van der Waals surface area (Å²) in [5.74, 6) is 2.10. The molecule has 0 radical (unpaired) electrons. The Balaban J connectivity index is 1.43. The quantitative estimate of drug-likeness (QED) is 0.377.